The van der Waals surface area contributed by atoms with Crippen molar-refractivity contribution in [3.8, 4) is 0 Å². The van der Waals surface area contributed by atoms with E-state index in [9.17, 15) is 0 Å². The fourth-order valence-corrected chi connectivity index (χ4v) is 8.00. The van der Waals surface area contributed by atoms with Crippen LogP contribution in [0.4, 0.5) is 0 Å². The van der Waals surface area contributed by atoms with Gasteiger partial charge in [0.25, 0.3) is 0 Å². The molecule has 0 aliphatic carbocycles. The lowest BCUT2D eigenvalue weighted by atomic mass is 10.1. The van der Waals surface area contributed by atoms with Crippen LogP contribution in [0, 0.1) is 48.5 Å². The Morgan fingerprint density at radius 2 is 0.681 bits per heavy atom. The summed E-state index contributed by atoms with van der Waals surface area (Å²) in [4.78, 5) is 57.4. The van der Waals surface area contributed by atoms with Crippen LogP contribution in [0.25, 0.3) is 76.3 Å². The zero-order chi connectivity index (χ0) is 67.8. The molecule has 0 N–H and O–H groups in total. The maximum Gasteiger partial charge on any atom is 0.159 e. The van der Waals surface area contributed by atoms with E-state index in [1.54, 1.807) is 68.3 Å². The minimum Gasteiger partial charge on any atom is -0.264 e. The van der Waals surface area contributed by atoms with Gasteiger partial charge in [-0.25, -0.2) is 19.9 Å². The van der Waals surface area contributed by atoms with Crippen LogP contribution < -0.4 is 0 Å². The van der Waals surface area contributed by atoms with E-state index in [1.807, 2.05) is 251 Å². The van der Waals surface area contributed by atoms with E-state index in [1.165, 1.54) is 55.1 Å². The standard InChI is InChI=1S/7C9H8N2.7C2H6/c1-7-2-5-11-9-3-4-10-6-8(7)9;1-7-2-5-11-9-6-10-4-3-8(7)9;1-7-4-11-6-8-5-10-3-2-9(7)8;1-7-4-11-5-8-2-3-10-6-9(7)8;1-7-4-6-11-9-8(7)3-2-5-10-9;1-7-3-2-4-8-5-10-6-11-9(7)8;1-7-3-2-4-8-9(7)11-6-5-10-8;7*1-2/h7*2-6H,1H3;7*1-2H3. The topological polar surface area (TPSA) is 180 Å². The highest BCUT2D eigenvalue weighted by Gasteiger charge is 2.00. The Bertz CT molecular complexity index is 3400. The summed E-state index contributed by atoms with van der Waals surface area (Å²) in [5.41, 5.74) is 14.3. The molecule has 0 bridgehead atoms. The molecule has 14 aromatic rings. The van der Waals surface area contributed by atoms with Crippen LogP contribution in [0.1, 0.15) is 136 Å². The number of aromatic nitrogens is 14. The third-order valence-electron chi connectivity index (χ3n) is 12.2. The average molecular weight is 1220 g/mol. The number of hydrogen-bond acceptors (Lipinski definition) is 14. The summed E-state index contributed by atoms with van der Waals surface area (Å²) in [5.74, 6) is 0. The number of aryl methyl sites for hydroxylation is 7. The van der Waals surface area contributed by atoms with Crippen molar-refractivity contribution < 1.29 is 0 Å². The second-order valence-electron chi connectivity index (χ2n) is 17.7. The Morgan fingerprint density at radius 3 is 1.29 bits per heavy atom. The van der Waals surface area contributed by atoms with Crippen LogP contribution in [0.15, 0.2) is 215 Å². The molecule has 91 heavy (non-hydrogen) atoms. The molecule has 0 radical (unpaired) electrons. The van der Waals surface area contributed by atoms with Crippen LogP contribution in [-0.4, -0.2) is 69.8 Å². The zero-order valence-electron chi connectivity index (χ0n) is 58.0. The summed E-state index contributed by atoms with van der Waals surface area (Å²) in [5, 5.41) is 9.23. The van der Waals surface area contributed by atoms with E-state index in [0.717, 1.165) is 60.2 Å². The molecule has 0 fully saturated rings. The normalized spacial score (nSPS) is 9.15. The predicted octanol–water partition coefficient (Wildman–Crippen LogP) is 20.8. The highest BCUT2D eigenvalue weighted by molar-refractivity contribution is 5.85. The first kappa shape index (κ1) is 78.9. The van der Waals surface area contributed by atoms with Gasteiger partial charge in [0.2, 0.25) is 0 Å². The largest absolute Gasteiger partial charge is 0.264 e. The summed E-state index contributed by atoms with van der Waals surface area (Å²) in [7, 11) is 0. The Balaban J connectivity index is 0.000000514. The van der Waals surface area contributed by atoms with Gasteiger partial charge in [-0.1, -0.05) is 127 Å². The molecule has 0 unspecified atom stereocenters. The Morgan fingerprint density at radius 1 is 0.209 bits per heavy atom. The Labute approximate surface area is 542 Å². The maximum atomic E-state index is 4.22. The van der Waals surface area contributed by atoms with E-state index < -0.39 is 0 Å². The van der Waals surface area contributed by atoms with Crippen molar-refractivity contribution in [2.75, 3.05) is 0 Å². The zero-order valence-corrected chi connectivity index (χ0v) is 58.0. The molecule has 14 rings (SSSR count). The highest BCUT2D eigenvalue weighted by Crippen LogP contribution is 2.18. The molecule has 0 spiro atoms. The lowest BCUT2D eigenvalue weighted by Crippen LogP contribution is -1.83. The molecular weight excluding hydrogens is 1120 g/mol. The van der Waals surface area contributed by atoms with Crippen molar-refractivity contribution in [3.05, 3.63) is 254 Å². The third-order valence-corrected chi connectivity index (χ3v) is 12.2. The third kappa shape index (κ3) is 25.9. The molecule has 14 heteroatoms. The van der Waals surface area contributed by atoms with Gasteiger partial charge in [0, 0.05) is 149 Å². The fraction of sp³-hybridized carbons (Fsp3) is 0.273. The summed E-state index contributed by atoms with van der Waals surface area (Å²) < 4.78 is 0. The molecule has 0 aliphatic rings. The molecular formula is C77H98N14. The minimum atomic E-state index is 0.826. The van der Waals surface area contributed by atoms with Gasteiger partial charge < -0.3 is 0 Å². The first-order chi connectivity index (χ1) is 44.6. The van der Waals surface area contributed by atoms with Crippen LogP contribution >= 0.6 is 0 Å². The van der Waals surface area contributed by atoms with Gasteiger partial charge in [0.15, 0.2) is 5.65 Å². The lowest BCUT2D eigenvalue weighted by Gasteiger charge is -1.97. The van der Waals surface area contributed by atoms with E-state index >= 15 is 0 Å². The maximum absolute atomic E-state index is 4.22. The molecule has 14 nitrogen and oxygen atoms in total. The summed E-state index contributed by atoms with van der Waals surface area (Å²) in [6.07, 6.45) is 35.8. The fourth-order valence-electron chi connectivity index (χ4n) is 8.00. The van der Waals surface area contributed by atoms with Crippen LogP contribution in [0.2, 0.25) is 0 Å². The second-order valence-corrected chi connectivity index (χ2v) is 17.7. The smallest absolute Gasteiger partial charge is 0.159 e. The number of nitrogens with zero attached hydrogens (tertiary/aromatic N) is 14. The minimum absolute atomic E-state index is 0.826. The van der Waals surface area contributed by atoms with Crippen LogP contribution in [-0.2, 0) is 0 Å². The summed E-state index contributed by atoms with van der Waals surface area (Å²) in [6.45, 7) is 42.4. The Kier molecular flexibility index (Phi) is 41.6. The number of rotatable bonds is 0. The van der Waals surface area contributed by atoms with Crippen molar-refractivity contribution in [3.63, 3.8) is 0 Å². The second kappa shape index (κ2) is 47.9. The monoisotopic (exact) mass is 1220 g/mol. The summed E-state index contributed by atoms with van der Waals surface area (Å²) in [6, 6.07) is 29.9. The number of benzene rings is 2. The van der Waals surface area contributed by atoms with E-state index in [0.29, 0.717) is 0 Å². The average Bonchev–Trinajstić information content (AvgIpc) is 3.66. The molecule has 0 atom stereocenters. The van der Waals surface area contributed by atoms with Crippen molar-refractivity contribution in [1.29, 1.82) is 0 Å². The van der Waals surface area contributed by atoms with Crippen molar-refractivity contribution in [2.45, 2.75) is 145 Å². The van der Waals surface area contributed by atoms with Crippen molar-refractivity contribution in [2.24, 2.45) is 0 Å². The molecule has 0 aliphatic heterocycles. The quantitative estimate of drug-likeness (QED) is 0.140. The molecule has 0 amide bonds. The van der Waals surface area contributed by atoms with Crippen LogP contribution in [0.5, 0.6) is 0 Å². The highest BCUT2D eigenvalue weighted by atomic mass is 14.8. The molecule has 0 saturated heterocycles. The number of fused-ring (bicyclic) bond motifs is 7. The molecule has 12 heterocycles. The summed E-state index contributed by atoms with van der Waals surface area (Å²) >= 11 is 0. The van der Waals surface area contributed by atoms with Crippen molar-refractivity contribution in [1.82, 2.24) is 69.8 Å². The molecule has 2 aromatic carbocycles. The van der Waals surface area contributed by atoms with Gasteiger partial charge in [0.1, 0.15) is 6.33 Å². The van der Waals surface area contributed by atoms with Gasteiger partial charge >= 0.3 is 0 Å². The van der Waals surface area contributed by atoms with Crippen LogP contribution in [0.3, 0.4) is 0 Å². The van der Waals surface area contributed by atoms with Gasteiger partial charge in [0.05, 0.1) is 33.8 Å². The van der Waals surface area contributed by atoms with E-state index in [-0.39, 0.29) is 0 Å². The predicted molar refractivity (Wildman–Crippen MR) is 389 cm³/mol. The molecule has 476 valence electrons. The first-order valence-electron chi connectivity index (χ1n) is 31.7. The van der Waals surface area contributed by atoms with Gasteiger partial charge in [-0.15, -0.1) is 0 Å². The van der Waals surface area contributed by atoms with E-state index in [4.69, 9.17) is 0 Å². The van der Waals surface area contributed by atoms with Gasteiger partial charge in [-0.2, -0.15) is 0 Å². The van der Waals surface area contributed by atoms with E-state index in [2.05, 4.69) is 110 Å². The number of hydrogen-bond donors (Lipinski definition) is 0. The SMILES string of the molecule is CC.CC.CC.CC.CC.CC.CC.Cc1cccc2cncnc12.Cc1cccc2nccnc12.Cc1ccnc2ccncc12.Cc1ccnc2cnccc12.Cc1ccnc2ncccc12.Cc1cncc2ccncc12.Cc1cncc2cnccc12. The number of pyridine rings is 10. The van der Waals surface area contributed by atoms with Gasteiger partial charge in [-0.3, -0.25) is 49.8 Å². The molecule has 0 saturated carbocycles. The molecule has 12 aromatic heterocycles. The number of para-hydroxylation sites is 2. The van der Waals surface area contributed by atoms with Gasteiger partial charge in [-0.05, 0) is 153 Å². The lowest BCUT2D eigenvalue weighted by molar-refractivity contribution is 1.21. The van der Waals surface area contributed by atoms with Crippen molar-refractivity contribution >= 4 is 76.3 Å². The first-order valence-corrected chi connectivity index (χ1v) is 31.7. The Hall–Kier alpha value is -10.1.